The monoisotopic (exact) mass is 352 g/mol. The molecule has 0 aliphatic heterocycles. The van der Waals surface area contributed by atoms with Crippen molar-refractivity contribution in [2.45, 2.75) is 126 Å². The Morgan fingerprint density at radius 3 is 1.44 bits per heavy atom. The van der Waals surface area contributed by atoms with E-state index < -0.39 is 0 Å². The Morgan fingerprint density at radius 1 is 0.480 bits per heavy atom. The minimum Gasteiger partial charge on any atom is -0.0651 e. The van der Waals surface area contributed by atoms with Crippen LogP contribution in [0.3, 0.4) is 0 Å². The predicted octanol–water partition coefficient (Wildman–Crippen LogP) is 9.13. The highest BCUT2D eigenvalue weighted by atomic mass is 14.2. The van der Waals surface area contributed by atoms with Crippen LogP contribution in [0, 0.1) is 35.5 Å². The van der Waals surface area contributed by atoms with Crippen molar-refractivity contribution in [2.75, 3.05) is 0 Å². The molecule has 4 atom stereocenters. The van der Waals surface area contributed by atoms with Crippen LogP contribution < -0.4 is 0 Å². The predicted molar refractivity (Wildman–Crippen MR) is 117 cm³/mol. The largest absolute Gasteiger partial charge is 0.0651 e. The van der Waals surface area contributed by atoms with Crippen LogP contribution in [0.1, 0.15) is 126 Å². The maximum absolute atomic E-state index is 2.55. The number of hydrogen-bond acceptors (Lipinski definition) is 0. The lowest BCUT2D eigenvalue weighted by Gasteiger charge is -2.27. The fourth-order valence-electron chi connectivity index (χ4n) is 4.02. The molecule has 0 aromatic heterocycles. The molecule has 152 valence electrons. The van der Waals surface area contributed by atoms with Gasteiger partial charge in [0, 0.05) is 0 Å². The lowest BCUT2D eigenvalue weighted by molar-refractivity contribution is 0.248. The summed E-state index contributed by atoms with van der Waals surface area (Å²) in [7, 11) is 0. The maximum Gasteiger partial charge on any atom is -0.0388 e. The second kappa shape index (κ2) is 15.1. The van der Waals surface area contributed by atoms with Gasteiger partial charge in [-0.05, 0) is 48.3 Å². The minimum atomic E-state index is 0.867. The van der Waals surface area contributed by atoms with Crippen molar-refractivity contribution in [2.24, 2.45) is 35.5 Å². The Morgan fingerprint density at radius 2 is 0.960 bits per heavy atom. The normalized spacial score (nSPS) is 17.0. The van der Waals surface area contributed by atoms with Gasteiger partial charge < -0.3 is 0 Å². The molecule has 0 N–H and O–H groups in total. The van der Waals surface area contributed by atoms with Gasteiger partial charge in [-0.25, -0.2) is 0 Å². The summed E-state index contributed by atoms with van der Waals surface area (Å²) in [6.07, 6.45) is 15.8. The minimum absolute atomic E-state index is 0.867. The van der Waals surface area contributed by atoms with Crippen molar-refractivity contribution in [3.05, 3.63) is 0 Å². The highest BCUT2D eigenvalue weighted by Crippen LogP contribution is 2.31. The number of rotatable bonds is 16. The quantitative estimate of drug-likeness (QED) is 0.260. The SMILES string of the molecule is CC[C@@H](C)CC[C@@H](CC[C@H](C)CCCC(C)C)[C@@H](C)CCCC(C)C. The first-order valence-electron chi connectivity index (χ1n) is 11.8. The van der Waals surface area contributed by atoms with Gasteiger partial charge in [-0.2, -0.15) is 0 Å². The zero-order chi connectivity index (χ0) is 19.2. The summed E-state index contributed by atoms with van der Waals surface area (Å²) in [6.45, 7) is 19.3. The molecule has 0 aromatic rings. The number of hydrogen-bond donors (Lipinski definition) is 0. The van der Waals surface area contributed by atoms with Gasteiger partial charge in [0.25, 0.3) is 0 Å². The molecule has 0 aromatic carbocycles. The van der Waals surface area contributed by atoms with E-state index in [9.17, 15) is 0 Å². The molecule has 0 aliphatic rings. The molecule has 0 heterocycles. The second-order valence-electron chi connectivity index (χ2n) is 10.2. The Balaban J connectivity index is 4.31. The lowest BCUT2D eigenvalue weighted by Crippen LogP contribution is -2.15. The van der Waals surface area contributed by atoms with Crippen molar-refractivity contribution < 1.29 is 0 Å². The Bertz CT molecular complexity index is 278. The van der Waals surface area contributed by atoms with E-state index in [2.05, 4.69) is 55.4 Å². The highest BCUT2D eigenvalue weighted by molar-refractivity contribution is 4.71. The summed E-state index contributed by atoms with van der Waals surface area (Å²) in [5.74, 6) is 5.46. The topological polar surface area (TPSA) is 0 Å². The summed E-state index contributed by atoms with van der Waals surface area (Å²) < 4.78 is 0. The van der Waals surface area contributed by atoms with Gasteiger partial charge in [-0.3, -0.25) is 0 Å². The summed E-state index contributed by atoms with van der Waals surface area (Å²) in [5.41, 5.74) is 0. The van der Waals surface area contributed by atoms with Crippen molar-refractivity contribution >= 4 is 0 Å². The highest BCUT2D eigenvalue weighted by Gasteiger charge is 2.19. The molecule has 0 bridgehead atoms. The van der Waals surface area contributed by atoms with Crippen LogP contribution in [-0.2, 0) is 0 Å². The summed E-state index contributed by atoms with van der Waals surface area (Å²) >= 11 is 0. The fourth-order valence-corrected chi connectivity index (χ4v) is 4.02. The van der Waals surface area contributed by atoms with Gasteiger partial charge in [-0.15, -0.1) is 0 Å². The molecule has 0 saturated heterocycles. The van der Waals surface area contributed by atoms with Crippen LogP contribution in [0.15, 0.2) is 0 Å². The van der Waals surface area contributed by atoms with Gasteiger partial charge in [0.15, 0.2) is 0 Å². The zero-order valence-electron chi connectivity index (χ0n) is 19.2. The van der Waals surface area contributed by atoms with Crippen LogP contribution in [0.2, 0.25) is 0 Å². The average molecular weight is 353 g/mol. The van der Waals surface area contributed by atoms with Gasteiger partial charge in [0.1, 0.15) is 0 Å². The summed E-state index contributed by atoms with van der Waals surface area (Å²) in [5, 5.41) is 0. The van der Waals surface area contributed by atoms with Crippen molar-refractivity contribution in [3.63, 3.8) is 0 Å². The van der Waals surface area contributed by atoms with Crippen molar-refractivity contribution in [1.29, 1.82) is 0 Å². The molecule has 0 saturated carbocycles. The van der Waals surface area contributed by atoms with Gasteiger partial charge >= 0.3 is 0 Å². The Hall–Kier alpha value is 0. The third-order valence-electron chi connectivity index (χ3n) is 6.48. The van der Waals surface area contributed by atoms with Crippen molar-refractivity contribution in [1.82, 2.24) is 0 Å². The first-order valence-corrected chi connectivity index (χ1v) is 11.8. The molecular formula is C25H52. The van der Waals surface area contributed by atoms with Crippen molar-refractivity contribution in [3.8, 4) is 0 Å². The smallest absolute Gasteiger partial charge is 0.0388 e. The van der Waals surface area contributed by atoms with Crippen LogP contribution in [0.25, 0.3) is 0 Å². The van der Waals surface area contributed by atoms with Crippen LogP contribution >= 0.6 is 0 Å². The molecule has 0 amide bonds. The van der Waals surface area contributed by atoms with E-state index in [1.54, 1.807) is 0 Å². The molecule has 0 heteroatoms. The van der Waals surface area contributed by atoms with E-state index >= 15 is 0 Å². The van der Waals surface area contributed by atoms with Crippen LogP contribution in [0.4, 0.5) is 0 Å². The molecule has 0 unspecified atom stereocenters. The van der Waals surface area contributed by atoms with E-state index in [0.717, 1.165) is 35.5 Å². The third kappa shape index (κ3) is 14.8. The fraction of sp³-hybridized carbons (Fsp3) is 1.00. The molecular weight excluding hydrogens is 300 g/mol. The summed E-state index contributed by atoms with van der Waals surface area (Å²) in [4.78, 5) is 0. The standard InChI is InChI=1S/C25H52/c1-9-22(6)16-18-25(24(8)15-11-13-21(4)5)19-17-23(7)14-10-12-20(2)3/h20-25H,9-19H2,1-8H3/t22-,23-,24+,25+/m1/s1. The first-order chi connectivity index (χ1) is 11.8. The summed E-state index contributed by atoms with van der Waals surface area (Å²) in [6, 6.07) is 0. The first kappa shape index (κ1) is 25.0. The molecule has 0 fully saturated rings. The average Bonchev–Trinajstić information content (AvgIpc) is 2.53. The van der Waals surface area contributed by atoms with Crippen LogP contribution in [0.5, 0.6) is 0 Å². The molecule has 0 rings (SSSR count). The molecule has 0 spiro atoms. The molecule has 25 heavy (non-hydrogen) atoms. The van der Waals surface area contributed by atoms with Crippen LogP contribution in [-0.4, -0.2) is 0 Å². The molecule has 0 aliphatic carbocycles. The maximum atomic E-state index is 2.55. The zero-order valence-corrected chi connectivity index (χ0v) is 19.2. The van der Waals surface area contributed by atoms with E-state index in [-0.39, 0.29) is 0 Å². The van der Waals surface area contributed by atoms with E-state index in [4.69, 9.17) is 0 Å². The molecule has 0 radical (unpaired) electrons. The van der Waals surface area contributed by atoms with E-state index in [1.165, 1.54) is 70.6 Å². The van der Waals surface area contributed by atoms with E-state index in [1.807, 2.05) is 0 Å². The second-order valence-corrected chi connectivity index (χ2v) is 10.2. The van der Waals surface area contributed by atoms with Gasteiger partial charge in [0.2, 0.25) is 0 Å². The molecule has 0 nitrogen and oxygen atoms in total. The lowest BCUT2D eigenvalue weighted by atomic mass is 9.79. The Labute approximate surface area is 161 Å². The van der Waals surface area contributed by atoms with Gasteiger partial charge in [-0.1, -0.05) is 113 Å². The van der Waals surface area contributed by atoms with E-state index in [0.29, 0.717) is 0 Å². The Kier molecular flexibility index (Phi) is 15.1. The third-order valence-corrected chi connectivity index (χ3v) is 6.48. The van der Waals surface area contributed by atoms with Gasteiger partial charge in [0.05, 0.1) is 0 Å².